The van der Waals surface area contributed by atoms with Gasteiger partial charge in [-0.2, -0.15) is 0 Å². The van der Waals surface area contributed by atoms with Crippen molar-refractivity contribution in [3.63, 3.8) is 0 Å². The summed E-state index contributed by atoms with van der Waals surface area (Å²) in [5.74, 6) is 0.0563. The fourth-order valence-corrected chi connectivity index (χ4v) is 3.93. The van der Waals surface area contributed by atoms with Crippen molar-refractivity contribution >= 4 is 21.6 Å². The summed E-state index contributed by atoms with van der Waals surface area (Å²) in [5.41, 5.74) is 1.10. The van der Waals surface area contributed by atoms with Gasteiger partial charge in [0.2, 0.25) is 10.0 Å². The molecule has 1 aromatic rings. The third kappa shape index (κ3) is 3.67. The molecule has 2 fully saturated rings. The monoisotopic (exact) mass is 337 g/mol. The highest BCUT2D eigenvalue weighted by Crippen LogP contribution is 2.23. The molecule has 23 heavy (non-hydrogen) atoms. The maximum absolute atomic E-state index is 12.6. The van der Waals surface area contributed by atoms with Crippen molar-refractivity contribution in [1.82, 2.24) is 9.80 Å². The van der Waals surface area contributed by atoms with E-state index in [-0.39, 0.29) is 11.7 Å². The maximum Gasteiger partial charge on any atom is 0.253 e. The Bertz CT molecular complexity index is 672. The van der Waals surface area contributed by atoms with Crippen LogP contribution in [0.5, 0.6) is 0 Å². The molecule has 0 radical (unpaired) electrons. The molecule has 1 atom stereocenters. The Hall–Kier alpha value is -1.60. The number of sulfonamides is 1. The number of piperazine rings is 1. The summed E-state index contributed by atoms with van der Waals surface area (Å²) in [7, 11) is -3.29. The van der Waals surface area contributed by atoms with Gasteiger partial charge in [0.25, 0.3) is 5.91 Å². The summed E-state index contributed by atoms with van der Waals surface area (Å²) in [5, 5.41) is 0. The average Bonchev–Trinajstić information content (AvgIpc) is 3.02. The lowest BCUT2D eigenvalue weighted by Crippen LogP contribution is -2.52. The van der Waals surface area contributed by atoms with Crippen LogP contribution in [-0.2, 0) is 10.0 Å². The van der Waals surface area contributed by atoms with E-state index in [9.17, 15) is 13.2 Å². The second-order valence-corrected chi connectivity index (χ2v) is 8.18. The van der Waals surface area contributed by atoms with E-state index in [1.807, 2.05) is 4.90 Å². The number of carbonyl (C=O) groups excluding carboxylic acids is 1. The second-order valence-electron chi connectivity index (χ2n) is 6.17. The van der Waals surface area contributed by atoms with Crippen molar-refractivity contribution in [2.24, 2.45) is 0 Å². The Balaban J connectivity index is 1.66. The summed E-state index contributed by atoms with van der Waals surface area (Å²) in [4.78, 5) is 17.0. The molecule has 3 rings (SSSR count). The molecule has 2 aliphatic heterocycles. The van der Waals surface area contributed by atoms with E-state index in [2.05, 4.69) is 9.62 Å². The van der Waals surface area contributed by atoms with Crippen molar-refractivity contribution < 1.29 is 13.2 Å². The highest BCUT2D eigenvalue weighted by Gasteiger charge is 2.32. The van der Waals surface area contributed by atoms with Gasteiger partial charge in [0.05, 0.1) is 5.75 Å². The quantitative estimate of drug-likeness (QED) is 0.901. The molecule has 0 bridgehead atoms. The zero-order chi connectivity index (χ0) is 16.4. The molecule has 0 saturated carbocycles. The van der Waals surface area contributed by atoms with Crippen LogP contribution < -0.4 is 4.72 Å². The summed E-state index contributed by atoms with van der Waals surface area (Å²) in [6.07, 6.45) is 2.39. The predicted molar refractivity (Wildman–Crippen MR) is 90.0 cm³/mol. The normalized spacial score (nSPS) is 22.0. The predicted octanol–water partition coefficient (Wildman–Crippen LogP) is 1.37. The second kappa shape index (κ2) is 6.49. The largest absolute Gasteiger partial charge is 0.336 e. The van der Waals surface area contributed by atoms with E-state index in [4.69, 9.17) is 0 Å². The zero-order valence-corrected chi connectivity index (χ0v) is 14.2. The molecular weight excluding hydrogens is 314 g/mol. The number of hydrogen-bond acceptors (Lipinski definition) is 4. The van der Waals surface area contributed by atoms with Crippen LogP contribution in [-0.4, -0.2) is 62.1 Å². The Labute approximate surface area is 137 Å². The fraction of sp³-hybridized carbons (Fsp3) is 0.562. The van der Waals surface area contributed by atoms with Crippen LogP contribution in [0.15, 0.2) is 24.3 Å². The van der Waals surface area contributed by atoms with Gasteiger partial charge in [-0.15, -0.1) is 0 Å². The van der Waals surface area contributed by atoms with Gasteiger partial charge in [-0.3, -0.25) is 14.4 Å². The Morgan fingerprint density at radius 1 is 1.22 bits per heavy atom. The molecule has 126 valence electrons. The lowest BCUT2D eigenvalue weighted by atomic mass is 10.1. The van der Waals surface area contributed by atoms with Crippen LogP contribution in [0, 0.1) is 0 Å². The number of rotatable bonds is 4. The number of nitrogens with one attached hydrogen (secondary N) is 1. The Morgan fingerprint density at radius 2 is 1.96 bits per heavy atom. The first-order valence-corrected chi connectivity index (χ1v) is 9.77. The van der Waals surface area contributed by atoms with Crippen LogP contribution >= 0.6 is 0 Å². The molecule has 1 aromatic carbocycles. The van der Waals surface area contributed by atoms with Crippen molar-refractivity contribution in [1.29, 1.82) is 0 Å². The number of anilines is 1. The van der Waals surface area contributed by atoms with Crippen LogP contribution in [0.1, 0.15) is 30.1 Å². The molecule has 0 unspecified atom stereocenters. The minimum Gasteiger partial charge on any atom is -0.336 e. The molecule has 2 aliphatic rings. The van der Waals surface area contributed by atoms with Crippen LogP contribution in [0.25, 0.3) is 0 Å². The van der Waals surface area contributed by atoms with Crippen molar-refractivity contribution in [2.45, 2.75) is 25.8 Å². The smallest absolute Gasteiger partial charge is 0.253 e. The number of nitrogens with zero attached hydrogens (tertiary/aromatic N) is 2. The molecule has 0 aromatic heterocycles. The lowest BCUT2D eigenvalue weighted by Gasteiger charge is -2.37. The molecule has 6 nitrogen and oxygen atoms in total. The standard InChI is InChI=1S/C16H23N3O3S/c1-2-23(21,22)17-14-7-5-13(6-8-14)16(20)19-11-10-18-9-3-4-15(18)12-19/h5-8,15,17H,2-4,9-12H2,1H3/t15-/m0/s1. The van der Waals surface area contributed by atoms with Gasteiger partial charge in [-0.05, 0) is 50.6 Å². The van der Waals surface area contributed by atoms with Crippen molar-refractivity contribution in [2.75, 3.05) is 36.7 Å². The van der Waals surface area contributed by atoms with E-state index < -0.39 is 10.0 Å². The summed E-state index contributed by atoms with van der Waals surface area (Å²) in [6, 6.07) is 7.18. The number of hydrogen-bond donors (Lipinski definition) is 1. The van der Waals surface area contributed by atoms with E-state index in [1.165, 1.54) is 12.8 Å². The minimum atomic E-state index is -3.29. The Kier molecular flexibility index (Phi) is 4.59. The van der Waals surface area contributed by atoms with Crippen molar-refractivity contribution in [3.8, 4) is 0 Å². The third-order valence-electron chi connectivity index (χ3n) is 4.66. The fourth-order valence-electron chi connectivity index (χ4n) is 3.29. The first-order chi connectivity index (χ1) is 11.0. The van der Waals surface area contributed by atoms with E-state index >= 15 is 0 Å². The van der Waals surface area contributed by atoms with Gasteiger partial charge in [0, 0.05) is 36.9 Å². The topological polar surface area (TPSA) is 69.7 Å². The highest BCUT2D eigenvalue weighted by molar-refractivity contribution is 7.92. The molecule has 1 amide bonds. The maximum atomic E-state index is 12.6. The number of carbonyl (C=O) groups is 1. The SMILES string of the molecule is CCS(=O)(=O)Nc1ccc(C(=O)N2CCN3CCC[C@H]3C2)cc1. The highest BCUT2D eigenvalue weighted by atomic mass is 32.2. The summed E-state index contributed by atoms with van der Waals surface area (Å²) >= 11 is 0. The van der Waals surface area contributed by atoms with Gasteiger partial charge in [0.1, 0.15) is 0 Å². The van der Waals surface area contributed by atoms with E-state index in [1.54, 1.807) is 31.2 Å². The first kappa shape index (κ1) is 16.3. The lowest BCUT2D eigenvalue weighted by molar-refractivity contribution is 0.0571. The van der Waals surface area contributed by atoms with Crippen LogP contribution in [0.4, 0.5) is 5.69 Å². The summed E-state index contributed by atoms with van der Waals surface area (Å²) < 4.78 is 25.6. The molecule has 2 heterocycles. The molecule has 0 spiro atoms. The van der Waals surface area contributed by atoms with Crippen molar-refractivity contribution in [3.05, 3.63) is 29.8 Å². The summed E-state index contributed by atoms with van der Waals surface area (Å²) in [6.45, 7) is 5.25. The Morgan fingerprint density at radius 3 is 2.65 bits per heavy atom. The number of amides is 1. The van der Waals surface area contributed by atoms with Crippen LogP contribution in [0.2, 0.25) is 0 Å². The first-order valence-electron chi connectivity index (χ1n) is 8.12. The van der Waals surface area contributed by atoms with E-state index in [0.717, 1.165) is 26.2 Å². The molecule has 1 N–H and O–H groups in total. The molecule has 2 saturated heterocycles. The average molecular weight is 337 g/mol. The zero-order valence-electron chi connectivity index (χ0n) is 13.4. The molecular formula is C16H23N3O3S. The van der Waals surface area contributed by atoms with Gasteiger partial charge < -0.3 is 4.90 Å². The van der Waals surface area contributed by atoms with Gasteiger partial charge in [0.15, 0.2) is 0 Å². The molecule has 0 aliphatic carbocycles. The van der Waals surface area contributed by atoms with Gasteiger partial charge in [-0.1, -0.05) is 0 Å². The molecule has 7 heteroatoms. The number of benzene rings is 1. The minimum absolute atomic E-state index is 0.0271. The van der Waals surface area contributed by atoms with Gasteiger partial charge in [-0.25, -0.2) is 8.42 Å². The van der Waals surface area contributed by atoms with E-state index in [0.29, 0.717) is 17.3 Å². The third-order valence-corrected chi connectivity index (χ3v) is 5.97. The van der Waals surface area contributed by atoms with Gasteiger partial charge >= 0.3 is 0 Å². The van der Waals surface area contributed by atoms with Crippen LogP contribution in [0.3, 0.4) is 0 Å². The number of fused-ring (bicyclic) bond motifs is 1.